The van der Waals surface area contributed by atoms with Crippen molar-refractivity contribution in [1.82, 2.24) is 0 Å². The molecule has 3 aromatic rings. The van der Waals surface area contributed by atoms with Crippen LogP contribution in [-0.4, -0.2) is 0 Å². The van der Waals surface area contributed by atoms with Gasteiger partial charge in [0.05, 0.1) is 5.56 Å². The Hall–Kier alpha value is -2.82. The number of rotatable bonds is 2. The van der Waals surface area contributed by atoms with Gasteiger partial charge in [0.15, 0.2) is 0 Å². The molecule has 2 nitrogen and oxygen atoms in total. The Morgan fingerprint density at radius 3 is 2.27 bits per heavy atom. The molecule has 3 rings (SSSR count). The molecule has 0 radical (unpaired) electrons. The van der Waals surface area contributed by atoms with Crippen LogP contribution < -0.4 is 0 Å². The Bertz CT molecular complexity index is 951. The van der Waals surface area contributed by atoms with E-state index in [0.717, 1.165) is 15.7 Å². The minimum atomic E-state index is -0.665. The van der Waals surface area contributed by atoms with Crippen molar-refractivity contribution < 1.29 is 4.39 Å². The van der Waals surface area contributed by atoms with Crippen molar-refractivity contribution in [2.24, 2.45) is 0 Å². The first kappa shape index (κ1) is 14.1. The van der Waals surface area contributed by atoms with Crippen molar-refractivity contribution in [2.45, 2.75) is 9.79 Å². The molecule has 0 aliphatic heterocycles. The summed E-state index contributed by atoms with van der Waals surface area (Å²) < 4.78 is 13.6. The summed E-state index contributed by atoms with van der Waals surface area (Å²) in [6, 6.07) is 20.4. The van der Waals surface area contributed by atoms with Crippen molar-refractivity contribution in [3.05, 3.63) is 71.5 Å². The van der Waals surface area contributed by atoms with Gasteiger partial charge in [-0.05, 0) is 35.0 Å². The molecule has 104 valence electrons. The second kappa shape index (κ2) is 5.89. The second-order valence-corrected chi connectivity index (χ2v) is 5.75. The minimum absolute atomic E-state index is 0.0839. The van der Waals surface area contributed by atoms with Crippen molar-refractivity contribution in [1.29, 1.82) is 10.5 Å². The zero-order chi connectivity index (χ0) is 15.5. The average Bonchev–Trinajstić information content (AvgIpc) is 2.56. The highest BCUT2D eigenvalue weighted by Crippen LogP contribution is 2.34. The molecule has 0 aliphatic rings. The van der Waals surface area contributed by atoms with Crippen LogP contribution in [0.3, 0.4) is 0 Å². The third-order valence-corrected chi connectivity index (χ3v) is 4.34. The maximum atomic E-state index is 13.6. The van der Waals surface area contributed by atoms with Gasteiger partial charge in [0, 0.05) is 9.79 Å². The quantitative estimate of drug-likeness (QED) is 0.678. The molecule has 0 saturated carbocycles. The van der Waals surface area contributed by atoms with E-state index in [0.29, 0.717) is 4.90 Å². The van der Waals surface area contributed by atoms with E-state index in [1.807, 2.05) is 48.5 Å². The molecule has 4 heteroatoms. The van der Waals surface area contributed by atoms with Crippen LogP contribution in [0.15, 0.2) is 64.4 Å². The molecule has 3 aromatic carbocycles. The van der Waals surface area contributed by atoms with E-state index >= 15 is 0 Å². The summed E-state index contributed by atoms with van der Waals surface area (Å²) in [6.07, 6.45) is 0. The van der Waals surface area contributed by atoms with Gasteiger partial charge < -0.3 is 0 Å². The lowest BCUT2D eigenvalue weighted by atomic mass is 10.1. The fourth-order valence-corrected chi connectivity index (χ4v) is 3.18. The van der Waals surface area contributed by atoms with Gasteiger partial charge in [0.1, 0.15) is 23.5 Å². The molecular formula is C18H9FN2S. The van der Waals surface area contributed by atoms with Gasteiger partial charge in [-0.15, -0.1) is 0 Å². The fraction of sp³-hybridized carbons (Fsp3) is 0. The van der Waals surface area contributed by atoms with Gasteiger partial charge in [-0.25, -0.2) is 4.39 Å². The fourth-order valence-electron chi connectivity index (χ4n) is 2.22. The van der Waals surface area contributed by atoms with Crippen LogP contribution in [0.4, 0.5) is 4.39 Å². The van der Waals surface area contributed by atoms with Crippen LogP contribution in [0, 0.1) is 28.5 Å². The Kier molecular flexibility index (Phi) is 3.78. The minimum Gasteiger partial charge on any atom is -0.205 e. The molecule has 0 aromatic heterocycles. The van der Waals surface area contributed by atoms with Crippen LogP contribution in [0.5, 0.6) is 0 Å². The molecule has 0 bridgehead atoms. The maximum absolute atomic E-state index is 13.6. The van der Waals surface area contributed by atoms with E-state index in [1.54, 1.807) is 6.07 Å². The molecule has 0 spiro atoms. The molecule has 0 saturated heterocycles. The Labute approximate surface area is 131 Å². The van der Waals surface area contributed by atoms with Crippen LogP contribution >= 0.6 is 11.8 Å². The van der Waals surface area contributed by atoms with Gasteiger partial charge >= 0.3 is 0 Å². The highest BCUT2D eigenvalue weighted by Gasteiger charge is 2.14. The lowest BCUT2D eigenvalue weighted by Crippen LogP contribution is -1.92. The zero-order valence-electron chi connectivity index (χ0n) is 11.4. The van der Waals surface area contributed by atoms with Crippen molar-refractivity contribution in [3.8, 4) is 12.1 Å². The van der Waals surface area contributed by atoms with Gasteiger partial charge in [-0.2, -0.15) is 10.5 Å². The van der Waals surface area contributed by atoms with Crippen molar-refractivity contribution in [2.75, 3.05) is 0 Å². The number of hydrogen-bond donors (Lipinski definition) is 0. The predicted octanol–water partition coefficient (Wildman–Crippen LogP) is 4.87. The number of halogens is 1. The standard InChI is InChI=1S/C18H9FN2S/c19-17-7-8-18(16(11-21)15(17)10-20)22-14-6-5-12-3-1-2-4-13(12)9-14/h1-9H. The van der Waals surface area contributed by atoms with Gasteiger partial charge in [0.2, 0.25) is 0 Å². The average molecular weight is 304 g/mol. The van der Waals surface area contributed by atoms with E-state index in [1.165, 1.54) is 23.9 Å². The smallest absolute Gasteiger partial charge is 0.142 e. The lowest BCUT2D eigenvalue weighted by molar-refractivity contribution is 0.622. The zero-order valence-corrected chi connectivity index (χ0v) is 12.2. The summed E-state index contributed by atoms with van der Waals surface area (Å²) in [5.74, 6) is -0.665. The molecule has 0 amide bonds. The van der Waals surface area contributed by atoms with E-state index in [4.69, 9.17) is 5.26 Å². The van der Waals surface area contributed by atoms with E-state index in [-0.39, 0.29) is 11.1 Å². The second-order valence-electron chi connectivity index (χ2n) is 4.63. The van der Waals surface area contributed by atoms with Crippen LogP contribution in [-0.2, 0) is 0 Å². The van der Waals surface area contributed by atoms with Crippen molar-refractivity contribution in [3.63, 3.8) is 0 Å². The number of fused-ring (bicyclic) bond motifs is 1. The Morgan fingerprint density at radius 1 is 0.818 bits per heavy atom. The highest BCUT2D eigenvalue weighted by molar-refractivity contribution is 7.99. The maximum Gasteiger partial charge on any atom is 0.142 e. The first-order chi connectivity index (χ1) is 10.7. The molecule has 0 fully saturated rings. The molecule has 22 heavy (non-hydrogen) atoms. The largest absolute Gasteiger partial charge is 0.205 e. The number of benzene rings is 3. The molecule has 0 unspecified atom stereocenters. The normalized spacial score (nSPS) is 10.1. The van der Waals surface area contributed by atoms with Gasteiger partial charge in [-0.1, -0.05) is 42.1 Å². The Morgan fingerprint density at radius 2 is 1.55 bits per heavy atom. The monoisotopic (exact) mass is 304 g/mol. The molecule has 0 heterocycles. The summed E-state index contributed by atoms with van der Waals surface area (Å²) in [5, 5.41) is 20.5. The van der Waals surface area contributed by atoms with E-state index < -0.39 is 5.82 Å². The molecule has 0 atom stereocenters. The highest BCUT2D eigenvalue weighted by atomic mass is 32.2. The molecule has 0 N–H and O–H groups in total. The predicted molar refractivity (Wildman–Crippen MR) is 83.9 cm³/mol. The lowest BCUT2D eigenvalue weighted by Gasteiger charge is -2.07. The summed E-state index contributed by atoms with van der Waals surface area (Å²) in [7, 11) is 0. The molecule has 0 aliphatic carbocycles. The first-order valence-electron chi connectivity index (χ1n) is 6.52. The SMILES string of the molecule is N#Cc1c(F)ccc(Sc2ccc3ccccc3c2)c1C#N. The summed E-state index contributed by atoms with van der Waals surface area (Å²) >= 11 is 1.35. The van der Waals surface area contributed by atoms with Gasteiger partial charge in [-0.3, -0.25) is 0 Å². The topological polar surface area (TPSA) is 47.6 Å². The number of nitriles is 2. The summed E-state index contributed by atoms with van der Waals surface area (Å²) in [6.45, 7) is 0. The third-order valence-electron chi connectivity index (χ3n) is 3.29. The van der Waals surface area contributed by atoms with Crippen molar-refractivity contribution >= 4 is 22.5 Å². The first-order valence-corrected chi connectivity index (χ1v) is 7.34. The third kappa shape index (κ3) is 2.53. The summed E-state index contributed by atoms with van der Waals surface area (Å²) in [5.41, 5.74) is -0.117. The van der Waals surface area contributed by atoms with Crippen LogP contribution in [0.25, 0.3) is 10.8 Å². The van der Waals surface area contributed by atoms with E-state index in [2.05, 4.69) is 0 Å². The summed E-state index contributed by atoms with van der Waals surface area (Å²) in [4.78, 5) is 1.52. The van der Waals surface area contributed by atoms with Crippen LogP contribution in [0.2, 0.25) is 0 Å². The van der Waals surface area contributed by atoms with E-state index in [9.17, 15) is 9.65 Å². The van der Waals surface area contributed by atoms with Crippen LogP contribution in [0.1, 0.15) is 11.1 Å². The molecular weight excluding hydrogens is 295 g/mol. The van der Waals surface area contributed by atoms with Gasteiger partial charge in [0.25, 0.3) is 0 Å². The number of hydrogen-bond acceptors (Lipinski definition) is 3. The number of nitrogens with zero attached hydrogens (tertiary/aromatic N) is 2. The Balaban J connectivity index is 2.06.